The topological polar surface area (TPSA) is 9.23 Å². The van der Waals surface area contributed by atoms with Crippen molar-refractivity contribution >= 4 is 0 Å². The van der Waals surface area contributed by atoms with Crippen molar-refractivity contribution in [1.82, 2.24) is 0 Å². The lowest BCUT2D eigenvalue weighted by molar-refractivity contribution is 0.0118. The van der Waals surface area contributed by atoms with E-state index in [1.165, 1.54) is 51.4 Å². The molecule has 14 heavy (non-hydrogen) atoms. The Bertz CT molecular complexity index is 174. The third-order valence-corrected chi connectivity index (χ3v) is 3.10. The molecule has 0 N–H and O–H groups in total. The first-order valence-corrected chi connectivity index (χ1v) is 6.10. The normalized spacial score (nSPS) is 26.1. The maximum Gasteiger partial charge on any atom is 0.106 e. The molecule has 0 aromatic carbocycles. The fourth-order valence-electron chi connectivity index (χ4n) is 2.01. The maximum absolute atomic E-state index is 5.69. The summed E-state index contributed by atoms with van der Waals surface area (Å²) in [5.41, 5.74) is 0.140. The van der Waals surface area contributed by atoms with Crippen LogP contribution in [0.1, 0.15) is 65.2 Å². The monoisotopic (exact) mass is 196 g/mol. The van der Waals surface area contributed by atoms with E-state index < -0.39 is 0 Å². The Kier molecular flexibility index (Phi) is 5.06. The van der Waals surface area contributed by atoms with E-state index in [-0.39, 0.29) is 5.60 Å². The van der Waals surface area contributed by atoms with E-state index in [2.05, 4.69) is 19.9 Å². The van der Waals surface area contributed by atoms with Gasteiger partial charge in [0.15, 0.2) is 0 Å². The van der Waals surface area contributed by atoms with Crippen LogP contribution in [-0.4, -0.2) is 5.60 Å². The van der Waals surface area contributed by atoms with E-state index in [0.717, 1.165) is 0 Å². The highest BCUT2D eigenvalue weighted by atomic mass is 16.5. The molecule has 1 heterocycles. The second-order valence-electron chi connectivity index (χ2n) is 4.64. The third kappa shape index (κ3) is 4.17. The standard InChI is InChI=1S/C13H24O/c1-3-4-5-6-7-10-13(2)11-8-9-12-14-13/h9,12H,3-8,10-11H2,1-2H3. The highest BCUT2D eigenvalue weighted by Gasteiger charge is 2.25. The fraction of sp³-hybridized carbons (Fsp3) is 0.846. The van der Waals surface area contributed by atoms with Gasteiger partial charge < -0.3 is 4.74 Å². The van der Waals surface area contributed by atoms with Crippen molar-refractivity contribution in [2.75, 3.05) is 0 Å². The zero-order valence-electron chi connectivity index (χ0n) is 9.72. The van der Waals surface area contributed by atoms with Crippen LogP contribution in [0.5, 0.6) is 0 Å². The molecule has 1 rings (SSSR count). The van der Waals surface area contributed by atoms with Crippen LogP contribution in [0.15, 0.2) is 12.3 Å². The Morgan fingerprint density at radius 2 is 2.00 bits per heavy atom. The molecule has 0 amide bonds. The van der Waals surface area contributed by atoms with Crippen molar-refractivity contribution in [3.63, 3.8) is 0 Å². The van der Waals surface area contributed by atoms with Gasteiger partial charge in [-0.2, -0.15) is 0 Å². The van der Waals surface area contributed by atoms with Crippen LogP contribution in [0, 0.1) is 0 Å². The molecule has 0 radical (unpaired) electrons. The van der Waals surface area contributed by atoms with E-state index >= 15 is 0 Å². The van der Waals surface area contributed by atoms with Gasteiger partial charge >= 0.3 is 0 Å². The smallest absolute Gasteiger partial charge is 0.106 e. The summed E-state index contributed by atoms with van der Waals surface area (Å²) in [5, 5.41) is 0. The molecule has 1 unspecified atom stereocenters. The highest BCUT2D eigenvalue weighted by molar-refractivity contribution is 4.89. The van der Waals surface area contributed by atoms with Gasteiger partial charge in [-0.15, -0.1) is 0 Å². The molecule has 1 atom stereocenters. The van der Waals surface area contributed by atoms with Gasteiger partial charge in [0.1, 0.15) is 5.60 Å². The van der Waals surface area contributed by atoms with Gasteiger partial charge in [-0.1, -0.05) is 32.6 Å². The van der Waals surface area contributed by atoms with Gasteiger partial charge in [-0.3, -0.25) is 0 Å². The van der Waals surface area contributed by atoms with Crippen LogP contribution < -0.4 is 0 Å². The molecule has 0 aromatic heterocycles. The maximum atomic E-state index is 5.69. The first-order valence-electron chi connectivity index (χ1n) is 6.10. The molecule has 82 valence electrons. The minimum atomic E-state index is 0.140. The molecule has 0 bridgehead atoms. The van der Waals surface area contributed by atoms with Crippen molar-refractivity contribution in [3.05, 3.63) is 12.3 Å². The molecule has 1 nitrogen and oxygen atoms in total. The fourth-order valence-corrected chi connectivity index (χ4v) is 2.01. The van der Waals surface area contributed by atoms with E-state index in [1.54, 1.807) is 0 Å². The van der Waals surface area contributed by atoms with Crippen LogP contribution in [0.2, 0.25) is 0 Å². The quantitative estimate of drug-likeness (QED) is 0.571. The molecule has 0 aliphatic carbocycles. The molecule has 0 fully saturated rings. The molecule has 1 heteroatoms. The second-order valence-corrected chi connectivity index (χ2v) is 4.64. The summed E-state index contributed by atoms with van der Waals surface area (Å²) in [6.07, 6.45) is 14.4. The molecule has 0 saturated heterocycles. The third-order valence-electron chi connectivity index (χ3n) is 3.10. The average molecular weight is 196 g/mol. The van der Waals surface area contributed by atoms with Crippen molar-refractivity contribution in [3.8, 4) is 0 Å². The van der Waals surface area contributed by atoms with Gasteiger partial charge in [-0.25, -0.2) is 0 Å². The first kappa shape index (κ1) is 11.6. The van der Waals surface area contributed by atoms with E-state index in [0.29, 0.717) is 0 Å². The number of hydrogen-bond acceptors (Lipinski definition) is 1. The lowest BCUT2D eigenvalue weighted by Crippen LogP contribution is -2.28. The Morgan fingerprint density at radius 3 is 2.64 bits per heavy atom. The van der Waals surface area contributed by atoms with E-state index in [9.17, 15) is 0 Å². The van der Waals surface area contributed by atoms with Crippen molar-refractivity contribution in [2.24, 2.45) is 0 Å². The molecule has 0 aromatic rings. The van der Waals surface area contributed by atoms with E-state index in [4.69, 9.17) is 4.74 Å². The molecular formula is C13H24O. The SMILES string of the molecule is CCCCCCCC1(C)CCC=CO1. The Hall–Kier alpha value is -0.460. The Labute approximate surface area is 88.5 Å². The molecule has 1 aliphatic heterocycles. The van der Waals surface area contributed by atoms with Crippen LogP contribution in [-0.2, 0) is 4.74 Å². The lowest BCUT2D eigenvalue weighted by Gasteiger charge is -2.31. The lowest BCUT2D eigenvalue weighted by atomic mass is 9.91. The summed E-state index contributed by atoms with van der Waals surface area (Å²) in [5.74, 6) is 0. The minimum absolute atomic E-state index is 0.140. The number of hydrogen-bond donors (Lipinski definition) is 0. The summed E-state index contributed by atoms with van der Waals surface area (Å²) in [6.45, 7) is 4.51. The van der Waals surface area contributed by atoms with Crippen LogP contribution in [0.4, 0.5) is 0 Å². The predicted octanol–water partition coefficient (Wildman–Crippen LogP) is 4.43. The van der Waals surface area contributed by atoms with Gasteiger partial charge in [0.25, 0.3) is 0 Å². The highest BCUT2D eigenvalue weighted by Crippen LogP contribution is 2.28. The van der Waals surface area contributed by atoms with E-state index in [1.807, 2.05) is 6.26 Å². The Morgan fingerprint density at radius 1 is 1.21 bits per heavy atom. The van der Waals surface area contributed by atoms with Gasteiger partial charge in [0.05, 0.1) is 6.26 Å². The zero-order valence-corrected chi connectivity index (χ0v) is 9.72. The average Bonchev–Trinajstić information content (AvgIpc) is 2.18. The van der Waals surface area contributed by atoms with Crippen LogP contribution >= 0.6 is 0 Å². The van der Waals surface area contributed by atoms with Crippen LogP contribution in [0.3, 0.4) is 0 Å². The van der Waals surface area contributed by atoms with Gasteiger partial charge in [-0.05, 0) is 38.7 Å². The predicted molar refractivity (Wildman–Crippen MR) is 61.2 cm³/mol. The van der Waals surface area contributed by atoms with Crippen molar-refractivity contribution < 1.29 is 4.74 Å². The van der Waals surface area contributed by atoms with Gasteiger partial charge in [0, 0.05) is 0 Å². The van der Waals surface area contributed by atoms with Gasteiger partial charge in [0.2, 0.25) is 0 Å². The van der Waals surface area contributed by atoms with Crippen molar-refractivity contribution in [1.29, 1.82) is 0 Å². The van der Waals surface area contributed by atoms with Crippen LogP contribution in [0.25, 0.3) is 0 Å². The number of rotatable bonds is 6. The zero-order chi connectivity index (χ0) is 10.3. The summed E-state index contributed by atoms with van der Waals surface area (Å²) in [4.78, 5) is 0. The second kappa shape index (κ2) is 6.10. The summed E-state index contributed by atoms with van der Waals surface area (Å²) < 4.78 is 5.69. The largest absolute Gasteiger partial charge is 0.496 e. The molecular weight excluding hydrogens is 172 g/mol. The summed E-state index contributed by atoms with van der Waals surface area (Å²) in [7, 11) is 0. The number of allylic oxidation sites excluding steroid dienone is 1. The number of unbranched alkanes of at least 4 members (excludes halogenated alkanes) is 4. The number of ether oxygens (including phenoxy) is 1. The molecule has 0 spiro atoms. The Balaban J connectivity index is 2.07. The first-order chi connectivity index (χ1) is 6.77. The molecule has 0 saturated carbocycles. The summed E-state index contributed by atoms with van der Waals surface area (Å²) >= 11 is 0. The van der Waals surface area contributed by atoms with Crippen molar-refractivity contribution in [2.45, 2.75) is 70.8 Å². The minimum Gasteiger partial charge on any atom is -0.496 e. The summed E-state index contributed by atoms with van der Waals surface area (Å²) in [6, 6.07) is 0. The molecule has 1 aliphatic rings.